The molecule has 1 aromatic carbocycles. The molecule has 1 atom stereocenters. The number of ether oxygens (including phenoxy) is 1. The summed E-state index contributed by atoms with van der Waals surface area (Å²) >= 11 is 0. The normalized spacial score (nSPS) is 17.4. The van der Waals surface area contributed by atoms with Gasteiger partial charge in [-0.3, -0.25) is 0 Å². The maximum atomic E-state index is 13.9. The van der Waals surface area contributed by atoms with Crippen LogP contribution in [0.25, 0.3) is 11.3 Å². The van der Waals surface area contributed by atoms with Gasteiger partial charge in [-0.15, -0.1) is 0 Å². The number of carbonyl (C=O) groups is 1. The summed E-state index contributed by atoms with van der Waals surface area (Å²) in [5.74, 6) is -1.23. The fourth-order valence-electron chi connectivity index (χ4n) is 2.32. The highest BCUT2D eigenvalue weighted by Crippen LogP contribution is 2.34. The zero-order chi connectivity index (χ0) is 14.3. The Hall–Kier alpha value is -2.37. The van der Waals surface area contributed by atoms with Gasteiger partial charge in [-0.2, -0.15) is 5.10 Å². The third kappa shape index (κ3) is 1.93. The Bertz CT molecular complexity index is 681. The highest BCUT2D eigenvalue weighted by Gasteiger charge is 2.30. The first kappa shape index (κ1) is 12.7. The Morgan fingerprint density at radius 1 is 1.50 bits per heavy atom. The van der Waals surface area contributed by atoms with Crippen LogP contribution in [0.4, 0.5) is 4.39 Å². The van der Waals surface area contributed by atoms with Crippen LogP contribution in [0.1, 0.15) is 17.3 Å². The van der Waals surface area contributed by atoms with E-state index in [2.05, 4.69) is 5.10 Å². The van der Waals surface area contributed by atoms with E-state index >= 15 is 0 Å². The largest absolute Gasteiger partial charge is 0.477 e. The van der Waals surface area contributed by atoms with Gasteiger partial charge in [-0.1, -0.05) is 19.1 Å². The van der Waals surface area contributed by atoms with Gasteiger partial charge < -0.3 is 9.84 Å². The van der Waals surface area contributed by atoms with Crippen molar-refractivity contribution in [3.05, 3.63) is 35.6 Å². The number of carboxylic acid groups (broad SMARTS) is 1. The van der Waals surface area contributed by atoms with Crippen molar-refractivity contribution >= 4 is 5.97 Å². The number of fused-ring (bicyclic) bond motifs is 1. The van der Waals surface area contributed by atoms with Crippen molar-refractivity contribution in [1.82, 2.24) is 9.78 Å². The Balaban J connectivity index is 2.21. The van der Waals surface area contributed by atoms with Crippen molar-refractivity contribution < 1.29 is 19.0 Å². The summed E-state index contributed by atoms with van der Waals surface area (Å²) in [5.41, 5.74) is 0.199. The van der Waals surface area contributed by atoms with Crippen molar-refractivity contribution in [3.63, 3.8) is 0 Å². The van der Waals surface area contributed by atoms with Gasteiger partial charge >= 0.3 is 5.97 Å². The third-order valence-corrected chi connectivity index (χ3v) is 3.24. The predicted octanol–water partition coefficient (Wildman–Crippen LogP) is 2.42. The molecule has 1 aromatic heterocycles. The fourth-order valence-corrected chi connectivity index (χ4v) is 2.32. The van der Waals surface area contributed by atoms with E-state index in [0.717, 1.165) is 0 Å². The summed E-state index contributed by atoms with van der Waals surface area (Å²) in [6, 6.07) is 5.99. The summed E-state index contributed by atoms with van der Waals surface area (Å²) in [6.07, 6.45) is 0. The smallest absolute Gasteiger partial charge is 0.343 e. The molecule has 1 N–H and O–H groups in total. The van der Waals surface area contributed by atoms with E-state index in [1.165, 1.54) is 16.8 Å². The molecule has 0 spiro atoms. The number of aromatic carboxylic acids is 1. The zero-order valence-corrected chi connectivity index (χ0v) is 10.8. The van der Waals surface area contributed by atoms with Crippen LogP contribution in [0.15, 0.2) is 24.3 Å². The van der Waals surface area contributed by atoms with Gasteiger partial charge in [0, 0.05) is 11.5 Å². The number of aromatic nitrogens is 2. The third-order valence-electron chi connectivity index (χ3n) is 3.24. The molecule has 3 rings (SSSR count). The van der Waals surface area contributed by atoms with Crippen LogP contribution in [0.5, 0.6) is 5.88 Å². The van der Waals surface area contributed by atoms with Gasteiger partial charge in [0.05, 0.1) is 13.2 Å². The summed E-state index contributed by atoms with van der Waals surface area (Å²) in [5, 5.41) is 13.6. The molecule has 0 unspecified atom stereocenters. The topological polar surface area (TPSA) is 64.3 Å². The van der Waals surface area contributed by atoms with Gasteiger partial charge in [0.25, 0.3) is 0 Å². The molecule has 0 saturated heterocycles. The maximum Gasteiger partial charge on any atom is 0.343 e. The molecule has 0 bridgehead atoms. The Kier molecular flexibility index (Phi) is 2.93. The van der Waals surface area contributed by atoms with Gasteiger partial charge in [-0.05, 0) is 12.1 Å². The number of rotatable bonds is 2. The summed E-state index contributed by atoms with van der Waals surface area (Å²) < 4.78 is 20.8. The minimum Gasteiger partial charge on any atom is -0.477 e. The summed E-state index contributed by atoms with van der Waals surface area (Å²) in [7, 11) is 0. The van der Waals surface area contributed by atoms with E-state index in [4.69, 9.17) is 4.74 Å². The van der Waals surface area contributed by atoms with Crippen LogP contribution in [0.2, 0.25) is 0 Å². The number of nitrogens with zero attached hydrogens (tertiary/aromatic N) is 2. The van der Waals surface area contributed by atoms with Crippen molar-refractivity contribution in [2.24, 2.45) is 5.92 Å². The maximum absolute atomic E-state index is 13.9. The van der Waals surface area contributed by atoms with E-state index < -0.39 is 11.8 Å². The average Bonchev–Trinajstić information content (AvgIpc) is 2.77. The number of hydrogen-bond acceptors (Lipinski definition) is 3. The highest BCUT2D eigenvalue weighted by atomic mass is 19.1. The molecule has 20 heavy (non-hydrogen) atoms. The van der Waals surface area contributed by atoms with Gasteiger partial charge in [0.1, 0.15) is 17.1 Å². The van der Waals surface area contributed by atoms with Crippen molar-refractivity contribution in [1.29, 1.82) is 0 Å². The molecule has 104 valence electrons. The SMILES string of the molecule is C[C@H]1COc2c(C(=O)O)c(-c3ccccc3F)nn2C1. The van der Waals surface area contributed by atoms with Crippen LogP contribution < -0.4 is 4.74 Å². The first-order valence-electron chi connectivity index (χ1n) is 6.29. The van der Waals surface area contributed by atoms with E-state index in [1.807, 2.05) is 6.92 Å². The molecule has 6 heteroatoms. The van der Waals surface area contributed by atoms with E-state index in [0.29, 0.717) is 13.2 Å². The molecular weight excluding hydrogens is 263 g/mol. The van der Waals surface area contributed by atoms with Crippen LogP contribution in [0.3, 0.4) is 0 Å². The second-order valence-electron chi connectivity index (χ2n) is 4.91. The van der Waals surface area contributed by atoms with Crippen molar-refractivity contribution in [2.75, 3.05) is 6.61 Å². The monoisotopic (exact) mass is 276 g/mol. The highest BCUT2D eigenvalue weighted by molar-refractivity contribution is 5.97. The molecule has 1 aliphatic rings. The number of halogens is 1. The minimum atomic E-state index is -1.17. The first-order valence-corrected chi connectivity index (χ1v) is 6.29. The van der Waals surface area contributed by atoms with Gasteiger partial charge in [0.2, 0.25) is 5.88 Å². The minimum absolute atomic E-state index is 0.0815. The molecule has 0 radical (unpaired) electrons. The van der Waals surface area contributed by atoms with Crippen molar-refractivity contribution in [2.45, 2.75) is 13.5 Å². The Morgan fingerprint density at radius 2 is 2.25 bits per heavy atom. The van der Waals surface area contributed by atoms with Crippen molar-refractivity contribution in [3.8, 4) is 17.1 Å². The number of carboxylic acids is 1. The van der Waals surface area contributed by atoms with E-state index in [9.17, 15) is 14.3 Å². The molecule has 2 aromatic rings. The molecule has 2 heterocycles. The van der Waals surface area contributed by atoms with Crippen LogP contribution in [-0.2, 0) is 6.54 Å². The van der Waals surface area contributed by atoms with Crippen LogP contribution in [-0.4, -0.2) is 27.5 Å². The number of benzene rings is 1. The molecule has 0 fully saturated rings. The zero-order valence-electron chi connectivity index (χ0n) is 10.8. The summed E-state index contributed by atoms with van der Waals surface area (Å²) in [6.45, 7) is 2.97. The lowest BCUT2D eigenvalue weighted by Crippen LogP contribution is -2.24. The molecule has 0 aliphatic carbocycles. The van der Waals surface area contributed by atoms with E-state index in [-0.39, 0.29) is 28.6 Å². The molecular formula is C14H13FN2O3. The molecule has 5 nitrogen and oxygen atoms in total. The predicted molar refractivity (Wildman–Crippen MR) is 69.2 cm³/mol. The second kappa shape index (κ2) is 4.63. The average molecular weight is 276 g/mol. The lowest BCUT2D eigenvalue weighted by atomic mass is 10.1. The summed E-state index contributed by atoms with van der Waals surface area (Å²) in [4.78, 5) is 11.5. The lowest BCUT2D eigenvalue weighted by Gasteiger charge is -2.20. The van der Waals surface area contributed by atoms with Crippen LogP contribution >= 0.6 is 0 Å². The Labute approximate surface area is 114 Å². The van der Waals surface area contributed by atoms with Gasteiger partial charge in [0.15, 0.2) is 0 Å². The van der Waals surface area contributed by atoms with E-state index in [1.54, 1.807) is 12.1 Å². The number of hydrogen-bond donors (Lipinski definition) is 1. The Morgan fingerprint density at radius 3 is 2.95 bits per heavy atom. The second-order valence-corrected chi connectivity index (χ2v) is 4.91. The quantitative estimate of drug-likeness (QED) is 0.914. The fraction of sp³-hybridized carbons (Fsp3) is 0.286. The van der Waals surface area contributed by atoms with Gasteiger partial charge in [-0.25, -0.2) is 13.9 Å². The molecule has 0 saturated carbocycles. The molecule has 0 amide bonds. The molecule has 1 aliphatic heterocycles. The first-order chi connectivity index (χ1) is 9.58. The van der Waals surface area contributed by atoms with Crippen LogP contribution in [0, 0.1) is 11.7 Å². The standard InChI is InChI=1S/C14H13FN2O3/c1-8-6-17-13(20-7-8)11(14(18)19)12(16-17)9-4-2-3-5-10(9)15/h2-5,8H,6-7H2,1H3,(H,18,19)/t8-/m1/s1. The lowest BCUT2D eigenvalue weighted by molar-refractivity contribution is 0.0687.